The second-order valence-corrected chi connectivity index (χ2v) is 5.46. The molecule has 0 spiro atoms. The number of amides is 1. The summed E-state index contributed by atoms with van der Waals surface area (Å²) in [6.07, 6.45) is -0.592. The van der Waals surface area contributed by atoms with E-state index in [9.17, 15) is 4.79 Å². The van der Waals surface area contributed by atoms with Gasteiger partial charge in [0.05, 0.1) is 0 Å². The van der Waals surface area contributed by atoms with Crippen LogP contribution in [0.15, 0.2) is 42.5 Å². The maximum Gasteiger partial charge on any atom is 0.265 e. The van der Waals surface area contributed by atoms with Gasteiger partial charge in [-0.1, -0.05) is 35.4 Å². The van der Waals surface area contributed by atoms with Crippen molar-refractivity contribution >= 4 is 23.2 Å². The van der Waals surface area contributed by atoms with Crippen molar-refractivity contribution < 1.29 is 9.53 Å². The third-order valence-electron chi connectivity index (χ3n) is 3.16. The second kappa shape index (κ2) is 6.64. The molecule has 1 unspecified atom stereocenters. The van der Waals surface area contributed by atoms with Gasteiger partial charge in [-0.05, 0) is 50.6 Å². The van der Waals surface area contributed by atoms with E-state index in [1.165, 1.54) is 0 Å². The number of hydrogen-bond donors (Lipinski definition) is 1. The average Bonchev–Trinajstić information content (AvgIpc) is 2.45. The van der Waals surface area contributed by atoms with Crippen LogP contribution in [-0.2, 0) is 4.79 Å². The topological polar surface area (TPSA) is 38.3 Å². The van der Waals surface area contributed by atoms with Gasteiger partial charge in [-0.2, -0.15) is 0 Å². The molecule has 1 N–H and O–H groups in total. The largest absolute Gasteiger partial charge is 0.481 e. The molecule has 2 rings (SSSR count). The summed E-state index contributed by atoms with van der Waals surface area (Å²) in [6, 6.07) is 13.0. The molecule has 0 aliphatic heterocycles. The number of ether oxygens (including phenoxy) is 1. The number of halogens is 1. The normalized spacial score (nSPS) is 11.8. The van der Waals surface area contributed by atoms with Crippen molar-refractivity contribution in [1.29, 1.82) is 0 Å². The minimum Gasteiger partial charge on any atom is -0.481 e. The summed E-state index contributed by atoms with van der Waals surface area (Å²) >= 11 is 5.94. The predicted octanol–water partition coefficient (Wildman–Crippen LogP) is 4.36. The van der Waals surface area contributed by atoms with Crippen molar-refractivity contribution in [2.24, 2.45) is 0 Å². The van der Waals surface area contributed by atoms with Crippen molar-refractivity contribution in [2.75, 3.05) is 5.32 Å². The molecular weight excluding hydrogens is 286 g/mol. The van der Waals surface area contributed by atoms with Gasteiger partial charge in [0.1, 0.15) is 5.75 Å². The Balaban J connectivity index is 2.02. The summed E-state index contributed by atoms with van der Waals surface area (Å²) in [4.78, 5) is 12.2. The van der Waals surface area contributed by atoms with Crippen molar-refractivity contribution in [3.63, 3.8) is 0 Å². The number of rotatable bonds is 4. The lowest BCUT2D eigenvalue weighted by Crippen LogP contribution is -2.30. The van der Waals surface area contributed by atoms with E-state index in [1.807, 2.05) is 44.2 Å². The van der Waals surface area contributed by atoms with Crippen LogP contribution in [0.3, 0.4) is 0 Å². The Kier molecular flexibility index (Phi) is 4.86. The maximum atomic E-state index is 12.2. The van der Waals surface area contributed by atoms with Crippen LogP contribution < -0.4 is 10.1 Å². The Hall–Kier alpha value is -2.00. The van der Waals surface area contributed by atoms with Crippen LogP contribution in [0.1, 0.15) is 18.1 Å². The zero-order chi connectivity index (χ0) is 15.4. The van der Waals surface area contributed by atoms with E-state index >= 15 is 0 Å². The van der Waals surface area contributed by atoms with Gasteiger partial charge >= 0.3 is 0 Å². The highest BCUT2D eigenvalue weighted by Gasteiger charge is 2.15. The van der Waals surface area contributed by atoms with Gasteiger partial charge in [-0.15, -0.1) is 0 Å². The molecule has 0 heterocycles. The molecule has 3 nitrogen and oxygen atoms in total. The van der Waals surface area contributed by atoms with Crippen LogP contribution in [0.2, 0.25) is 5.02 Å². The van der Waals surface area contributed by atoms with Crippen molar-refractivity contribution in [3.8, 4) is 5.75 Å². The van der Waals surface area contributed by atoms with E-state index in [0.717, 1.165) is 11.1 Å². The minimum absolute atomic E-state index is 0.207. The molecule has 2 aromatic rings. The van der Waals surface area contributed by atoms with Gasteiger partial charge in [-0.25, -0.2) is 0 Å². The van der Waals surface area contributed by atoms with Gasteiger partial charge in [0.15, 0.2) is 6.10 Å². The number of carbonyl (C=O) groups excluding carboxylic acids is 1. The molecule has 0 aromatic heterocycles. The first-order chi connectivity index (χ1) is 9.95. The fraction of sp³-hybridized carbons (Fsp3) is 0.235. The quantitative estimate of drug-likeness (QED) is 0.911. The number of benzene rings is 2. The molecule has 0 saturated heterocycles. The summed E-state index contributed by atoms with van der Waals surface area (Å²) < 4.78 is 5.63. The first-order valence-electron chi connectivity index (χ1n) is 6.76. The highest BCUT2D eigenvalue weighted by Crippen LogP contribution is 2.21. The van der Waals surface area contributed by atoms with Crippen molar-refractivity contribution in [1.82, 2.24) is 0 Å². The second-order valence-electron chi connectivity index (χ2n) is 5.02. The third kappa shape index (κ3) is 4.23. The van der Waals surface area contributed by atoms with Crippen LogP contribution in [0.4, 0.5) is 5.69 Å². The monoisotopic (exact) mass is 303 g/mol. The summed E-state index contributed by atoms with van der Waals surface area (Å²) in [7, 11) is 0. The van der Waals surface area contributed by atoms with Crippen molar-refractivity contribution in [3.05, 3.63) is 58.6 Å². The van der Waals surface area contributed by atoms with Gasteiger partial charge in [0.2, 0.25) is 0 Å². The smallest absolute Gasteiger partial charge is 0.265 e. The summed E-state index contributed by atoms with van der Waals surface area (Å²) in [6.45, 7) is 5.63. The van der Waals surface area contributed by atoms with E-state index < -0.39 is 6.10 Å². The predicted molar refractivity (Wildman–Crippen MR) is 86.1 cm³/mol. The summed E-state index contributed by atoms with van der Waals surface area (Å²) in [5, 5.41) is 3.42. The molecule has 0 radical (unpaired) electrons. The average molecular weight is 304 g/mol. The van der Waals surface area contributed by atoms with Gasteiger partial charge < -0.3 is 10.1 Å². The highest BCUT2D eigenvalue weighted by molar-refractivity contribution is 6.31. The highest BCUT2D eigenvalue weighted by atomic mass is 35.5. The number of nitrogens with one attached hydrogen (secondary N) is 1. The Morgan fingerprint density at radius 2 is 1.81 bits per heavy atom. The summed E-state index contributed by atoms with van der Waals surface area (Å²) in [5.74, 6) is 0.465. The number of hydrogen-bond acceptors (Lipinski definition) is 2. The molecule has 1 atom stereocenters. The van der Waals surface area contributed by atoms with Crippen LogP contribution in [0.25, 0.3) is 0 Å². The van der Waals surface area contributed by atoms with E-state index in [4.69, 9.17) is 16.3 Å². The molecule has 1 amide bonds. The molecule has 0 aliphatic carbocycles. The fourth-order valence-electron chi connectivity index (χ4n) is 1.84. The van der Waals surface area contributed by atoms with Crippen LogP contribution in [0.5, 0.6) is 5.75 Å². The molecule has 110 valence electrons. The van der Waals surface area contributed by atoms with Crippen molar-refractivity contribution in [2.45, 2.75) is 26.9 Å². The zero-order valence-electron chi connectivity index (χ0n) is 12.3. The van der Waals surface area contributed by atoms with Crippen LogP contribution in [-0.4, -0.2) is 12.0 Å². The fourth-order valence-corrected chi connectivity index (χ4v) is 2.01. The Labute approximate surface area is 129 Å². The number of anilines is 1. The molecule has 0 fully saturated rings. The first-order valence-corrected chi connectivity index (χ1v) is 7.14. The number of carbonyl (C=O) groups is 1. The van der Waals surface area contributed by atoms with Crippen LogP contribution in [0, 0.1) is 13.8 Å². The van der Waals surface area contributed by atoms with E-state index in [0.29, 0.717) is 16.5 Å². The molecule has 0 aliphatic rings. The molecule has 0 bridgehead atoms. The Morgan fingerprint density at radius 1 is 1.14 bits per heavy atom. The van der Waals surface area contributed by atoms with E-state index in [2.05, 4.69) is 5.32 Å². The third-order valence-corrected chi connectivity index (χ3v) is 3.40. The van der Waals surface area contributed by atoms with E-state index in [1.54, 1.807) is 19.1 Å². The lowest BCUT2D eigenvalue weighted by atomic mass is 10.2. The van der Waals surface area contributed by atoms with Crippen LogP contribution >= 0.6 is 11.6 Å². The minimum atomic E-state index is -0.592. The van der Waals surface area contributed by atoms with Gasteiger partial charge in [-0.3, -0.25) is 4.79 Å². The maximum absolute atomic E-state index is 12.2. The molecule has 0 saturated carbocycles. The lowest BCUT2D eigenvalue weighted by Gasteiger charge is -2.16. The Morgan fingerprint density at radius 3 is 2.48 bits per heavy atom. The molecule has 4 heteroatoms. The molecule has 2 aromatic carbocycles. The molecule has 21 heavy (non-hydrogen) atoms. The standard InChI is InChI=1S/C17H18ClNO2/c1-11-4-8-15(9-5-11)21-13(3)17(20)19-16-10-14(18)7-6-12(16)2/h4-10,13H,1-3H3,(H,19,20). The van der Waals surface area contributed by atoms with E-state index in [-0.39, 0.29) is 5.91 Å². The summed E-state index contributed by atoms with van der Waals surface area (Å²) in [5.41, 5.74) is 2.80. The first kappa shape index (κ1) is 15.4. The lowest BCUT2D eigenvalue weighted by molar-refractivity contribution is -0.122. The number of aryl methyl sites for hydroxylation is 2. The molecular formula is C17H18ClNO2. The van der Waals surface area contributed by atoms with Gasteiger partial charge in [0, 0.05) is 10.7 Å². The SMILES string of the molecule is Cc1ccc(OC(C)C(=O)Nc2cc(Cl)ccc2C)cc1. The zero-order valence-corrected chi connectivity index (χ0v) is 13.1. The van der Waals surface area contributed by atoms with Gasteiger partial charge in [0.25, 0.3) is 5.91 Å². The Bertz CT molecular complexity index is 638.